The van der Waals surface area contributed by atoms with E-state index in [1.807, 2.05) is 43.3 Å². The number of ether oxygens (including phenoxy) is 2. The summed E-state index contributed by atoms with van der Waals surface area (Å²) in [5, 5.41) is 10.0. The van der Waals surface area contributed by atoms with Crippen LogP contribution in [-0.4, -0.2) is 28.8 Å². The molecule has 0 atom stereocenters. The van der Waals surface area contributed by atoms with E-state index in [4.69, 9.17) is 9.47 Å². The highest BCUT2D eigenvalue weighted by Gasteiger charge is 2.09. The van der Waals surface area contributed by atoms with Crippen molar-refractivity contribution in [3.05, 3.63) is 66.1 Å². The van der Waals surface area contributed by atoms with E-state index < -0.39 is 0 Å². The Morgan fingerprint density at radius 3 is 2.60 bits per heavy atom. The molecule has 0 amide bonds. The number of aromatic hydroxyl groups is 1. The van der Waals surface area contributed by atoms with Crippen LogP contribution in [0.15, 0.2) is 54.9 Å². The van der Waals surface area contributed by atoms with Crippen LogP contribution in [0, 0.1) is 0 Å². The average molecular weight is 336 g/mol. The topological polar surface area (TPSA) is 64.5 Å². The molecule has 0 aliphatic carbocycles. The van der Waals surface area contributed by atoms with E-state index in [1.165, 1.54) is 0 Å². The Hall–Kier alpha value is -3.08. The molecular formula is C20H20N2O3. The normalized spacial score (nSPS) is 10.5. The largest absolute Gasteiger partial charge is 0.504 e. The molecular weight excluding hydrogens is 316 g/mol. The van der Waals surface area contributed by atoms with Crippen molar-refractivity contribution >= 4 is 0 Å². The highest BCUT2D eigenvalue weighted by Crippen LogP contribution is 2.30. The SMILES string of the molecule is CCOc1ccc(Cc2cc(-c3ccccc3OC)ncn2)cc1O. The molecule has 1 aromatic heterocycles. The lowest BCUT2D eigenvalue weighted by molar-refractivity contribution is 0.318. The van der Waals surface area contributed by atoms with E-state index in [0.717, 1.165) is 28.3 Å². The van der Waals surface area contributed by atoms with Crippen LogP contribution >= 0.6 is 0 Å². The zero-order valence-electron chi connectivity index (χ0n) is 14.3. The molecule has 0 unspecified atom stereocenters. The number of hydrogen-bond donors (Lipinski definition) is 1. The van der Waals surface area contributed by atoms with Gasteiger partial charge in [0.1, 0.15) is 12.1 Å². The van der Waals surface area contributed by atoms with E-state index in [9.17, 15) is 5.11 Å². The zero-order valence-corrected chi connectivity index (χ0v) is 14.3. The first kappa shape index (κ1) is 16.8. The van der Waals surface area contributed by atoms with Gasteiger partial charge in [0.15, 0.2) is 11.5 Å². The van der Waals surface area contributed by atoms with E-state index in [0.29, 0.717) is 18.8 Å². The number of para-hydroxylation sites is 1. The Bertz CT molecular complexity index is 865. The van der Waals surface area contributed by atoms with Gasteiger partial charge in [-0.3, -0.25) is 0 Å². The third-order valence-electron chi connectivity index (χ3n) is 3.82. The van der Waals surface area contributed by atoms with Gasteiger partial charge in [0.05, 0.1) is 19.4 Å². The number of phenolic OH excluding ortho intramolecular Hbond substituents is 1. The van der Waals surface area contributed by atoms with Gasteiger partial charge in [0.2, 0.25) is 0 Å². The van der Waals surface area contributed by atoms with Crippen LogP contribution in [0.1, 0.15) is 18.2 Å². The van der Waals surface area contributed by atoms with E-state index >= 15 is 0 Å². The van der Waals surface area contributed by atoms with Crippen LogP contribution in [0.3, 0.4) is 0 Å². The monoisotopic (exact) mass is 336 g/mol. The number of phenols is 1. The Morgan fingerprint density at radius 2 is 1.84 bits per heavy atom. The fourth-order valence-electron chi connectivity index (χ4n) is 2.66. The van der Waals surface area contributed by atoms with Gasteiger partial charge < -0.3 is 14.6 Å². The molecule has 128 valence electrons. The van der Waals surface area contributed by atoms with Crippen LogP contribution in [0.4, 0.5) is 0 Å². The lowest BCUT2D eigenvalue weighted by Gasteiger charge is -2.10. The highest BCUT2D eigenvalue weighted by atomic mass is 16.5. The Labute approximate surface area is 146 Å². The molecule has 0 radical (unpaired) electrons. The molecule has 1 N–H and O–H groups in total. The minimum atomic E-state index is 0.137. The molecule has 1 heterocycles. The zero-order chi connectivity index (χ0) is 17.6. The number of rotatable bonds is 6. The second-order valence-electron chi connectivity index (χ2n) is 5.51. The van der Waals surface area contributed by atoms with Crippen molar-refractivity contribution < 1.29 is 14.6 Å². The summed E-state index contributed by atoms with van der Waals surface area (Å²) >= 11 is 0. The number of hydrogen-bond acceptors (Lipinski definition) is 5. The molecule has 2 aromatic carbocycles. The van der Waals surface area contributed by atoms with Gasteiger partial charge in [-0.25, -0.2) is 9.97 Å². The molecule has 3 rings (SSSR count). The maximum absolute atomic E-state index is 10.0. The minimum Gasteiger partial charge on any atom is -0.504 e. The van der Waals surface area contributed by atoms with Crippen LogP contribution in [0.5, 0.6) is 17.2 Å². The van der Waals surface area contributed by atoms with Crippen molar-refractivity contribution in [3.8, 4) is 28.5 Å². The summed E-state index contributed by atoms with van der Waals surface area (Å²) in [6, 6.07) is 15.1. The molecule has 0 bridgehead atoms. The maximum Gasteiger partial charge on any atom is 0.160 e. The number of nitrogens with zero attached hydrogens (tertiary/aromatic N) is 2. The first-order chi connectivity index (χ1) is 12.2. The summed E-state index contributed by atoms with van der Waals surface area (Å²) in [7, 11) is 1.64. The fraction of sp³-hybridized carbons (Fsp3) is 0.200. The summed E-state index contributed by atoms with van der Waals surface area (Å²) in [4.78, 5) is 8.69. The van der Waals surface area contributed by atoms with E-state index in [2.05, 4.69) is 9.97 Å². The molecule has 0 fully saturated rings. The molecule has 25 heavy (non-hydrogen) atoms. The van der Waals surface area contributed by atoms with Crippen molar-refractivity contribution in [2.24, 2.45) is 0 Å². The van der Waals surface area contributed by atoms with Gasteiger partial charge in [-0.15, -0.1) is 0 Å². The van der Waals surface area contributed by atoms with Gasteiger partial charge in [-0.1, -0.05) is 18.2 Å². The summed E-state index contributed by atoms with van der Waals surface area (Å²) in [5.41, 5.74) is 3.53. The third kappa shape index (κ3) is 3.88. The summed E-state index contributed by atoms with van der Waals surface area (Å²) < 4.78 is 10.8. The first-order valence-electron chi connectivity index (χ1n) is 8.10. The van der Waals surface area contributed by atoms with Crippen LogP contribution in [0.25, 0.3) is 11.3 Å². The van der Waals surface area contributed by atoms with Crippen molar-refractivity contribution in [3.63, 3.8) is 0 Å². The van der Waals surface area contributed by atoms with E-state index in [-0.39, 0.29) is 5.75 Å². The van der Waals surface area contributed by atoms with Gasteiger partial charge >= 0.3 is 0 Å². The molecule has 0 saturated carbocycles. The van der Waals surface area contributed by atoms with Crippen LogP contribution in [-0.2, 0) is 6.42 Å². The summed E-state index contributed by atoms with van der Waals surface area (Å²) in [5.74, 6) is 1.40. The Balaban J connectivity index is 1.86. The van der Waals surface area contributed by atoms with Gasteiger partial charge in [-0.05, 0) is 42.8 Å². The lowest BCUT2D eigenvalue weighted by atomic mass is 10.1. The van der Waals surface area contributed by atoms with Crippen molar-refractivity contribution in [1.29, 1.82) is 0 Å². The van der Waals surface area contributed by atoms with Crippen LogP contribution < -0.4 is 9.47 Å². The Morgan fingerprint density at radius 1 is 1.00 bits per heavy atom. The Kier molecular flexibility index (Phi) is 5.14. The molecule has 0 aliphatic rings. The first-order valence-corrected chi connectivity index (χ1v) is 8.10. The van der Waals surface area contributed by atoms with Gasteiger partial charge in [-0.2, -0.15) is 0 Å². The van der Waals surface area contributed by atoms with Crippen LogP contribution in [0.2, 0.25) is 0 Å². The average Bonchev–Trinajstić information content (AvgIpc) is 2.64. The minimum absolute atomic E-state index is 0.137. The standard InChI is InChI=1S/C20H20N2O3/c1-3-25-20-9-8-14(11-18(20)23)10-15-12-17(22-13-21-15)16-6-4-5-7-19(16)24-2/h4-9,11-13,23H,3,10H2,1-2H3. The molecule has 5 heteroatoms. The van der Waals surface area contributed by atoms with Gasteiger partial charge in [0.25, 0.3) is 0 Å². The van der Waals surface area contributed by atoms with Crippen molar-refractivity contribution in [2.45, 2.75) is 13.3 Å². The molecule has 5 nitrogen and oxygen atoms in total. The molecule has 0 aliphatic heterocycles. The number of methoxy groups -OCH3 is 1. The number of benzene rings is 2. The molecule has 3 aromatic rings. The lowest BCUT2D eigenvalue weighted by Crippen LogP contribution is -1.97. The fourth-order valence-corrected chi connectivity index (χ4v) is 2.66. The smallest absolute Gasteiger partial charge is 0.160 e. The van der Waals surface area contributed by atoms with Gasteiger partial charge in [0, 0.05) is 17.7 Å². The highest BCUT2D eigenvalue weighted by molar-refractivity contribution is 5.67. The van der Waals surface area contributed by atoms with Crippen molar-refractivity contribution in [1.82, 2.24) is 9.97 Å². The predicted octanol–water partition coefficient (Wildman–Crippen LogP) is 3.85. The van der Waals surface area contributed by atoms with Crippen molar-refractivity contribution in [2.75, 3.05) is 13.7 Å². The molecule has 0 saturated heterocycles. The number of aromatic nitrogens is 2. The molecule has 0 spiro atoms. The third-order valence-corrected chi connectivity index (χ3v) is 3.82. The quantitative estimate of drug-likeness (QED) is 0.741. The van der Waals surface area contributed by atoms with E-state index in [1.54, 1.807) is 25.6 Å². The summed E-state index contributed by atoms with van der Waals surface area (Å²) in [6.07, 6.45) is 2.14. The summed E-state index contributed by atoms with van der Waals surface area (Å²) in [6.45, 7) is 2.40. The second kappa shape index (κ2) is 7.66. The maximum atomic E-state index is 10.0. The predicted molar refractivity (Wildman–Crippen MR) is 96.1 cm³/mol. The second-order valence-corrected chi connectivity index (χ2v) is 5.51.